The second kappa shape index (κ2) is 8.00. The maximum atomic E-state index is 12.9. The van der Waals surface area contributed by atoms with Gasteiger partial charge in [0, 0.05) is 30.2 Å². The van der Waals surface area contributed by atoms with Crippen molar-refractivity contribution in [3.63, 3.8) is 0 Å². The molecule has 1 aliphatic heterocycles. The van der Waals surface area contributed by atoms with Gasteiger partial charge in [-0.05, 0) is 42.5 Å². The summed E-state index contributed by atoms with van der Waals surface area (Å²) >= 11 is 0. The average molecular weight is 412 g/mol. The second-order valence-electron chi connectivity index (χ2n) is 7.33. The summed E-state index contributed by atoms with van der Waals surface area (Å²) in [5.41, 5.74) is 4.20. The van der Waals surface area contributed by atoms with E-state index in [1.165, 1.54) is 4.31 Å². The number of para-hydroxylation sites is 1. The molecule has 0 unspecified atom stereocenters. The normalized spacial score (nSPS) is 17.2. The highest BCUT2D eigenvalue weighted by Crippen LogP contribution is 2.26. The summed E-state index contributed by atoms with van der Waals surface area (Å²) in [7, 11) is -3.49. The Morgan fingerprint density at radius 1 is 1.14 bits per heavy atom. The topological polar surface area (TPSA) is 82.3 Å². The number of benzene rings is 2. The van der Waals surface area contributed by atoms with Crippen molar-refractivity contribution in [2.45, 2.75) is 32.4 Å². The highest BCUT2D eigenvalue weighted by molar-refractivity contribution is 7.89. The number of sulfonamides is 1. The van der Waals surface area contributed by atoms with Crippen molar-refractivity contribution in [3.05, 3.63) is 71.4 Å². The lowest BCUT2D eigenvalue weighted by Gasteiger charge is -2.34. The number of aromatic nitrogens is 1. The molecule has 29 heavy (non-hydrogen) atoms. The van der Waals surface area contributed by atoms with Gasteiger partial charge in [0.25, 0.3) is 0 Å². The third-order valence-corrected chi connectivity index (χ3v) is 7.43. The lowest BCUT2D eigenvalue weighted by molar-refractivity contribution is -0.125. The molecule has 2 aromatic carbocycles. The van der Waals surface area contributed by atoms with Crippen molar-refractivity contribution in [2.75, 3.05) is 12.3 Å². The first-order valence-corrected chi connectivity index (χ1v) is 11.5. The van der Waals surface area contributed by atoms with Crippen molar-refractivity contribution >= 4 is 26.8 Å². The fourth-order valence-electron chi connectivity index (χ4n) is 3.96. The number of nitrogens with zero attached hydrogens (tertiary/aromatic N) is 1. The van der Waals surface area contributed by atoms with Crippen LogP contribution in [-0.2, 0) is 34.2 Å². The summed E-state index contributed by atoms with van der Waals surface area (Å²) in [6, 6.07) is 15.1. The molecule has 0 spiro atoms. The Labute approximate surface area is 171 Å². The first-order valence-electron chi connectivity index (χ1n) is 9.88. The van der Waals surface area contributed by atoms with Gasteiger partial charge in [0.15, 0.2) is 0 Å². The number of nitrogens with one attached hydrogen (secondary N) is 2. The lowest BCUT2D eigenvalue weighted by atomic mass is 9.95. The van der Waals surface area contributed by atoms with Crippen LogP contribution in [0.15, 0.2) is 54.7 Å². The quantitative estimate of drug-likeness (QED) is 0.654. The van der Waals surface area contributed by atoms with Crippen LogP contribution in [0.1, 0.15) is 23.6 Å². The molecule has 7 heteroatoms. The fraction of sp³-hybridized carbons (Fsp3) is 0.318. The zero-order chi connectivity index (χ0) is 20.4. The third kappa shape index (κ3) is 3.93. The maximum Gasteiger partial charge on any atom is 0.238 e. The number of aromatic amines is 1. The molecule has 6 nitrogen and oxygen atoms in total. The molecular weight excluding hydrogens is 386 g/mol. The largest absolute Gasteiger partial charge is 0.361 e. The molecule has 0 fully saturated rings. The van der Waals surface area contributed by atoms with E-state index in [0.717, 1.165) is 27.6 Å². The summed E-state index contributed by atoms with van der Waals surface area (Å²) < 4.78 is 26.6. The minimum atomic E-state index is -3.49. The zero-order valence-corrected chi connectivity index (χ0v) is 17.2. The number of hydrogen-bond acceptors (Lipinski definition) is 3. The summed E-state index contributed by atoms with van der Waals surface area (Å²) in [5, 5.41) is 4.10. The number of hydrogen-bond donors (Lipinski definition) is 2. The lowest BCUT2D eigenvalue weighted by Crippen LogP contribution is -2.53. The van der Waals surface area contributed by atoms with Gasteiger partial charge in [-0.25, -0.2) is 8.42 Å². The molecule has 3 aromatic rings. The Morgan fingerprint density at radius 3 is 2.66 bits per heavy atom. The minimum absolute atomic E-state index is 0.0196. The second-order valence-corrected chi connectivity index (χ2v) is 9.55. The molecule has 0 aliphatic carbocycles. The van der Waals surface area contributed by atoms with E-state index in [-0.39, 0.29) is 18.2 Å². The fourth-order valence-corrected chi connectivity index (χ4v) is 5.18. The van der Waals surface area contributed by atoms with Crippen molar-refractivity contribution < 1.29 is 13.2 Å². The molecule has 4 rings (SSSR count). The standard InChI is InChI=1S/C22H25N3O3S/c1-2-29(27,28)25-15-18-8-4-3-7-16(18)13-21(25)22(26)23-12-11-17-14-24-20-10-6-5-9-19(17)20/h3-10,14,21,24H,2,11-13,15H2,1H3,(H,23,26)/t21-/m1/s1. The Kier molecular flexibility index (Phi) is 5.43. The monoisotopic (exact) mass is 411 g/mol. The van der Waals surface area contributed by atoms with Gasteiger partial charge in [-0.3, -0.25) is 4.79 Å². The molecule has 152 valence electrons. The summed E-state index contributed by atoms with van der Waals surface area (Å²) in [5.74, 6) is -0.259. The molecule has 0 bridgehead atoms. The predicted molar refractivity (Wildman–Crippen MR) is 114 cm³/mol. The molecule has 0 saturated heterocycles. The van der Waals surface area contributed by atoms with Crippen molar-refractivity contribution in [1.82, 2.24) is 14.6 Å². The SMILES string of the molecule is CCS(=O)(=O)N1Cc2ccccc2C[C@@H]1C(=O)NCCc1c[nH]c2ccccc12. The Hall–Kier alpha value is -2.64. The van der Waals surface area contributed by atoms with Crippen LogP contribution >= 0.6 is 0 Å². The van der Waals surface area contributed by atoms with Crippen molar-refractivity contribution in [2.24, 2.45) is 0 Å². The van der Waals surface area contributed by atoms with Crippen LogP contribution in [0, 0.1) is 0 Å². The molecule has 1 amide bonds. The van der Waals surface area contributed by atoms with Crippen molar-refractivity contribution in [1.29, 1.82) is 0 Å². The van der Waals surface area contributed by atoms with E-state index in [4.69, 9.17) is 0 Å². The average Bonchev–Trinajstić information content (AvgIpc) is 3.16. The van der Waals surface area contributed by atoms with E-state index in [0.29, 0.717) is 19.4 Å². The number of fused-ring (bicyclic) bond motifs is 2. The Morgan fingerprint density at radius 2 is 1.86 bits per heavy atom. The summed E-state index contributed by atoms with van der Waals surface area (Å²) in [6.45, 7) is 2.31. The van der Waals surface area contributed by atoms with Gasteiger partial charge in [-0.15, -0.1) is 0 Å². The molecular formula is C22H25N3O3S. The first kappa shape index (κ1) is 19.7. The van der Waals surface area contributed by atoms with Gasteiger partial charge in [0.1, 0.15) is 6.04 Å². The van der Waals surface area contributed by atoms with Crippen molar-refractivity contribution in [3.8, 4) is 0 Å². The highest BCUT2D eigenvalue weighted by Gasteiger charge is 2.37. The number of amides is 1. The first-order chi connectivity index (χ1) is 14.0. The molecule has 0 saturated carbocycles. The molecule has 1 atom stereocenters. The zero-order valence-electron chi connectivity index (χ0n) is 16.4. The summed E-state index contributed by atoms with van der Waals surface area (Å²) in [4.78, 5) is 16.2. The molecule has 2 heterocycles. The smallest absolute Gasteiger partial charge is 0.238 e. The minimum Gasteiger partial charge on any atom is -0.361 e. The number of carbonyl (C=O) groups excluding carboxylic acids is 1. The number of rotatable bonds is 6. The Balaban J connectivity index is 1.48. The van der Waals surface area contributed by atoms with Gasteiger partial charge in [0.05, 0.1) is 5.75 Å². The molecule has 1 aliphatic rings. The van der Waals surface area contributed by atoms with Gasteiger partial charge in [-0.2, -0.15) is 4.31 Å². The van der Waals surface area contributed by atoms with Crippen LogP contribution in [0.3, 0.4) is 0 Å². The van der Waals surface area contributed by atoms with Crippen LogP contribution < -0.4 is 5.32 Å². The van der Waals surface area contributed by atoms with E-state index in [1.54, 1.807) is 6.92 Å². The van der Waals surface area contributed by atoms with E-state index in [9.17, 15) is 13.2 Å². The van der Waals surface area contributed by atoms with E-state index < -0.39 is 16.1 Å². The number of carbonyl (C=O) groups is 1. The molecule has 0 radical (unpaired) electrons. The van der Waals surface area contributed by atoms with Crippen LogP contribution in [0.4, 0.5) is 0 Å². The van der Waals surface area contributed by atoms with Crippen LogP contribution in [0.25, 0.3) is 10.9 Å². The Bertz CT molecular complexity index is 1140. The maximum absolute atomic E-state index is 12.9. The van der Waals surface area contributed by atoms with E-state index in [2.05, 4.69) is 16.4 Å². The summed E-state index contributed by atoms with van der Waals surface area (Å²) in [6.07, 6.45) is 3.04. The van der Waals surface area contributed by atoms with Gasteiger partial charge >= 0.3 is 0 Å². The molecule has 2 N–H and O–H groups in total. The predicted octanol–water partition coefficient (Wildman–Crippen LogP) is 2.60. The van der Waals surface area contributed by atoms with Gasteiger partial charge < -0.3 is 10.3 Å². The highest BCUT2D eigenvalue weighted by atomic mass is 32.2. The van der Waals surface area contributed by atoms with E-state index in [1.807, 2.05) is 48.7 Å². The van der Waals surface area contributed by atoms with Crippen LogP contribution in [-0.4, -0.2) is 42.0 Å². The van der Waals surface area contributed by atoms with Crippen LogP contribution in [0.2, 0.25) is 0 Å². The van der Waals surface area contributed by atoms with Gasteiger partial charge in [0.2, 0.25) is 15.9 Å². The third-order valence-electron chi connectivity index (χ3n) is 5.60. The van der Waals surface area contributed by atoms with Crippen LogP contribution in [0.5, 0.6) is 0 Å². The van der Waals surface area contributed by atoms with Gasteiger partial charge in [-0.1, -0.05) is 42.5 Å². The number of H-pyrrole nitrogens is 1. The molecule has 1 aromatic heterocycles. The van der Waals surface area contributed by atoms with E-state index >= 15 is 0 Å².